The quantitative estimate of drug-likeness (QED) is 0.769. The van der Waals surface area contributed by atoms with Crippen molar-refractivity contribution in [2.45, 2.75) is 12.5 Å². The van der Waals surface area contributed by atoms with E-state index in [1.807, 2.05) is 0 Å². The van der Waals surface area contributed by atoms with Crippen LogP contribution in [0.5, 0.6) is 0 Å². The van der Waals surface area contributed by atoms with Crippen molar-refractivity contribution in [3.05, 3.63) is 68.2 Å². The zero-order chi connectivity index (χ0) is 14.9. The van der Waals surface area contributed by atoms with Crippen LogP contribution >= 0.6 is 34.8 Å². The average molecular weight is 337 g/mol. The van der Waals surface area contributed by atoms with Gasteiger partial charge in [-0.2, -0.15) is 0 Å². The van der Waals surface area contributed by atoms with Crippen molar-refractivity contribution in [2.75, 3.05) is 0 Å². The second kappa shape index (κ2) is 6.27. The van der Waals surface area contributed by atoms with Gasteiger partial charge < -0.3 is 5.73 Å². The molecule has 2 N–H and O–H groups in total. The highest BCUT2D eigenvalue weighted by Gasteiger charge is 2.17. The van der Waals surface area contributed by atoms with Gasteiger partial charge >= 0.3 is 0 Å². The maximum Gasteiger partial charge on any atom is 0.142 e. The molecule has 0 amide bonds. The van der Waals surface area contributed by atoms with Crippen LogP contribution in [0.2, 0.25) is 15.1 Å². The summed E-state index contributed by atoms with van der Waals surface area (Å²) >= 11 is 17.4. The normalized spacial score (nSPS) is 12.5. The highest BCUT2D eigenvalue weighted by molar-refractivity contribution is 6.33. The molecule has 0 saturated carbocycles. The Morgan fingerprint density at radius 2 is 1.65 bits per heavy atom. The SMILES string of the molecule is NC(Cc1cc(Cl)ccc1Cl)c1cc(F)c(Cl)cc1F. The van der Waals surface area contributed by atoms with Gasteiger partial charge in [0, 0.05) is 21.7 Å². The molecule has 0 radical (unpaired) electrons. The fourth-order valence-electron chi connectivity index (χ4n) is 1.87. The highest BCUT2D eigenvalue weighted by Crippen LogP contribution is 2.28. The number of rotatable bonds is 3. The van der Waals surface area contributed by atoms with Gasteiger partial charge in [0.2, 0.25) is 0 Å². The van der Waals surface area contributed by atoms with E-state index in [4.69, 9.17) is 40.5 Å². The van der Waals surface area contributed by atoms with E-state index in [-0.39, 0.29) is 17.0 Å². The minimum absolute atomic E-state index is 0.0444. The van der Waals surface area contributed by atoms with E-state index in [0.717, 1.165) is 12.1 Å². The van der Waals surface area contributed by atoms with Gasteiger partial charge in [-0.3, -0.25) is 0 Å². The standard InChI is InChI=1S/C14H10Cl3F2N/c15-8-1-2-10(16)7(3-8)4-14(20)9-5-13(19)11(17)6-12(9)18/h1-3,5-6,14H,4,20H2. The first-order valence-corrected chi connectivity index (χ1v) is 6.86. The number of hydrogen-bond donors (Lipinski definition) is 1. The Morgan fingerprint density at radius 3 is 2.35 bits per heavy atom. The topological polar surface area (TPSA) is 26.0 Å². The molecule has 0 bridgehead atoms. The van der Waals surface area contributed by atoms with E-state index in [9.17, 15) is 8.78 Å². The summed E-state index contributed by atoms with van der Waals surface area (Å²) in [5.74, 6) is -1.36. The Bertz CT molecular complexity index is 647. The third-order valence-electron chi connectivity index (χ3n) is 2.89. The van der Waals surface area contributed by atoms with Crippen LogP contribution < -0.4 is 5.73 Å². The smallest absolute Gasteiger partial charge is 0.142 e. The van der Waals surface area contributed by atoms with Crippen molar-refractivity contribution in [1.29, 1.82) is 0 Å². The van der Waals surface area contributed by atoms with Crippen LogP contribution in [-0.2, 0) is 6.42 Å². The molecule has 0 saturated heterocycles. The van der Waals surface area contributed by atoms with Crippen LogP contribution in [0.15, 0.2) is 30.3 Å². The monoisotopic (exact) mass is 335 g/mol. The lowest BCUT2D eigenvalue weighted by Crippen LogP contribution is -2.15. The van der Waals surface area contributed by atoms with E-state index in [1.54, 1.807) is 18.2 Å². The first-order valence-electron chi connectivity index (χ1n) is 5.72. The van der Waals surface area contributed by atoms with Crippen LogP contribution in [0.4, 0.5) is 8.78 Å². The fraction of sp³-hybridized carbons (Fsp3) is 0.143. The van der Waals surface area contributed by atoms with Gasteiger partial charge in [-0.15, -0.1) is 0 Å². The molecule has 20 heavy (non-hydrogen) atoms. The molecule has 1 unspecified atom stereocenters. The summed E-state index contributed by atoms with van der Waals surface area (Å²) in [6.07, 6.45) is 0.234. The third-order valence-corrected chi connectivity index (χ3v) is 3.78. The van der Waals surface area contributed by atoms with E-state index in [0.29, 0.717) is 15.6 Å². The molecule has 0 aliphatic heterocycles. The maximum absolute atomic E-state index is 13.8. The molecule has 2 aromatic rings. The molecule has 1 atom stereocenters. The largest absolute Gasteiger partial charge is 0.324 e. The minimum Gasteiger partial charge on any atom is -0.324 e. The van der Waals surface area contributed by atoms with E-state index in [1.165, 1.54) is 0 Å². The lowest BCUT2D eigenvalue weighted by molar-refractivity contribution is 0.561. The molecule has 106 valence electrons. The van der Waals surface area contributed by atoms with Gasteiger partial charge in [0.25, 0.3) is 0 Å². The number of halogens is 5. The molecule has 2 aromatic carbocycles. The first-order chi connectivity index (χ1) is 9.38. The van der Waals surface area contributed by atoms with Gasteiger partial charge in [-0.1, -0.05) is 34.8 Å². The van der Waals surface area contributed by atoms with Gasteiger partial charge in [0.15, 0.2) is 0 Å². The predicted octanol–water partition coefficient (Wildman–Crippen LogP) is 5.17. The molecule has 0 spiro atoms. The summed E-state index contributed by atoms with van der Waals surface area (Å²) < 4.78 is 27.2. The molecule has 1 nitrogen and oxygen atoms in total. The van der Waals surface area contributed by atoms with Crippen LogP contribution in [0.3, 0.4) is 0 Å². The lowest BCUT2D eigenvalue weighted by Gasteiger charge is -2.15. The van der Waals surface area contributed by atoms with Crippen molar-refractivity contribution in [2.24, 2.45) is 5.73 Å². The Morgan fingerprint density at radius 1 is 0.950 bits per heavy atom. The molecule has 6 heteroatoms. The van der Waals surface area contributed by atoms with Gasteiger partial charge in [0.1, 0.15) is 11.6 Å². The molecule has 0 heterocycles. The van der Waals surface area contributed by atoms with Crippen molar-refractivity contribution in [3.8, 4) is 0 Å². The van der Waals surface area contributed by atoms with E-state index in [2.05, 4.69) is 0 Å². The number of nitrogens with two attached hydrogens (primary N) is 1. The Balaban J connectivity index is 2.30. The number of hydrogen-bond acceptors (Lipinski definition) is 1. The van der Waals surface area contributed by atoms with E-state index >= 15 is 0 Å². The summed E-state index contributed by atoms with van der Waals surface area (Å²) in [6, 6.07) is 6.07. The second-order valence-corrected chi connectivity index (χ2v) is 5.59. The lowest BCUT2D eigenvalue weighted by atomic mass is 9.99. The van der Waals surface area contributed by atoms with Gasteiger partial charge in [-0.05, 0) is 42.3 Å². The maximum atomic E-state index is 13.8. The molecule has 0 aliphatic carbocycles. The van der Waals surface area contributed by atoms with E-state index < -0.39 is 17.7 Å². The fourth-order valence-corrected chi connectivity index (χ4v) is 2.41. The summed E-state index contributed by atoms with van der Waals surface area (Å²) in [6.45, 7) is 0. The molecule has 0 fully saturated rings. The van der Waals surface area contributed by atoms with Crippen molar-refractivity contribution in [3.63, 3.8) is 0 Å². The first kappa shape index (κ1) is 15.5. The molecule has 2 rings (SSSR count). The van der Waals surface area contributed by atoms with Gasteiger partial charge in [-0.25, -0.2) is 8.78 Å². The summed E-state index contributed by atoms with van der Waals surface area (Å²) in [5, 5.41) is 0.693. The second-order valence-electron chi connectivity index (χ2n) is 4.33. The Hall–Kier alpha value is -0.870. The Kier molecular flexibility index (Phi) is 4.86. The number of benzene rings is 2. The summed E-state index contributed by atoms with van der Waals surface area (Å²) in [4.78, 5) is 0. The summed E-state index contributed by atoms with van der Waals surface area (Å²) in [5.41, 5.74) is 6.63. The molecule has 0 aromatic heterocycles. The molecular weight excluding hydrogens is 327 g/mol. The summed E-state index contributed by atoms with van der Waals surface area (Å²) in [7, 11) is 0. The van der Waals surface area contributed by atoms with Crippen molar-refractivity contribution in [1.82, 2.24) is 0 Å². The highest BCUT2D eigenvalue weighted by atomic mass is 35.5. The predicted molar refractivity (Wildman–Crippen MR) is 78.5 cm³/mol. The van der Waals surface area contributed by atoms with Crippen LogP contribution in [-0.4, -0.2) is 0 Å². The van der Waals surface area contributed by atoms with Gasteiger partial charge in [0.05, 0.1) is 5.02 Å². The van der Waals surface area contributed by atoms with Crippen LogP contribution in [0.25, 0.3) is 0 Å². The Labute approximate surface area is 130 Å². The zero-order valence-corrected chi connectivity index (χ0v) is 12.4. The van der Waals surface area contributed by atoms with Crippen molar-refractivity contribution >= 4 is 34.8 Å². The van der Waals surface area contributed by atoms with Crippen molar-refractivity contribution < 1.29 is 8.78 Å². The zero-order valence-electron chi connectivity index (χ0n) is 10.1. The molecule has 0 aliphatic rings. The minimum atomic E-state index is -0.752. The average Bonchev–Trinajstić information content (AvgIpc) is 2.38. The molecular formula is C14H10Cl3F2N. The van der Waals surface area contributed by atoms with Crippen LogP contribution in [0.1, 0.15) is 17.2 Å². The third kappa shape index (κ3) is 3.41. The van der Waals surface area contributed by atoms with Crippen LogP contribution in [0, 0.1) is 11.6 Å².